The van der Waals surface area contributed by atoms with Crippen molar-refractivity contribution < 1.29 is 23.5 Å². The van der Waals surface area contributed by atoms with Gasteiger partial charge in [0.2, 0.25) is 0 Å². The van der Waals surface area contributed by atoms with Crippen LogP contribution in [0.1, 0.15) is 18.1 Å². The lowest BCUT2D eigenvalue weighted by Crippen LogP contribution is -2.33. The molecule has 34 heavy (non-hydrogen) atoms. The Hall–Kier alpha value is -3.43. The van der Waals surface area contributed by atoms with Crippen molar-refractivity contribution in [1.82, 2.24) is 5.43 Å². The molecule has 0 aromatic heterocycles. The fraction of sp³-hybridized carbons (Fsp3) is 0.125. The second-order valence-corrected chi connectivity index (χ2v) is 8.29. The van der Waals surface area contributed by atoms with Gasteiger partial charge in [0.15, 0.2) is 11.5 Å². The van der Waals surface area contributed by atoms with Crippen LogP contribution in [-0.2, 0) is 16.2 Å². The summed E-state index contributed by atoms with van der Waals surface area (Å²) in [6.07, 6.45) is 0. The smallest absolute Gasteiger partial charge is 0.329 e. The number of ether oxygens (including phenoxy) is 2. The third-order valence-corrected chi connectivity index (χ3v) is 5.50. The van der Waals surface area contributed by atoms with Gasteiger partial charge in [-0.1, -0.05) is 45.7 Å². The molecule has 0 bridgehead atoms. The number of nitrogens with one attached hydrogen (secondary N) is 2. The summed E-state index contributed by atoms with van der Waals surface area (Å²) in [7, 11) is 1.50. The molecule has 0 atom stereocenters. The van der Waals surface area contributed by atoms with Crippen LogP contribution in [0.25, 0.3) is 0 Å². The maximum atomic E-state index is 13.9. The van der Waals surface area contributed by atoms with Gasteiger partial charge in [-0.2, -0.15) is 5.10 Å². The van der Waals surface area contributed by atoms with Gasteiger partial charge < -0.3 is 14.8 Å². The molecule has 0 fully saturated rings. The summed E-state index contributed by atoms with van der Waals surface area (Å²) >= 11 is 9.28. The van der Waals surface area contributed by atoms with Crippen molar-refractivity contribution >= 4 is 50.7 Å². The van der Waals surface area contributed by atoms with E-state index in [1.807, 2.05) is 18.2 Å². The van der Waals surface area contributed by atoms with Gasteiger partial charge in [0.05, 0.1) is 18.5 Å². The molecule has 2 amide bonds. The number of rotatable bonds is 7. The highest BCUT2D eigenvalue weighted by Crippen LogP contribution is 2.30. The van der Waals surface area contributed by atoms with Crippen LogP contribution < -0.4 is 20.2 Å². The summed E-state index contributed by atoms with van der Waals surface area (Å²) in [4.78, 5) is 24.1. The molecule has 0 saturated carbocycles. The first-order valence-corrected chi connectivity index (χ1v) is 11.1. The summed E-state index contributed by atoms with van der Waals surface area (Å²) in [5.41, 5.74) is 3.90. The highest BCUT2D eigenvalue weighted by Gasteiger charge is 2.16. The molecule has 0 aliphatic rings. The normalized spacial score (nSPS) is 11.0. The zero-order chi connectivity index (χ0) is 24.7. The minimum Gasteiger partial charge on any atom is -0.493 e. The second kappa shape index (κ2) is 11.6. The number of hydrogen-bond donors (Lipinski definition) is 2. The Morgan fingerprint density at radius 2 is 1.82 bits per heavy atom. The number of nitrogens with zero attached hydrogens (tertiary/aromatic N) is 1. The highest BCUT2D eigenvalue weighted by molar-refractivity contribution is 9.10. The summed E-state index contributed by atoms with van der Waals surface area (Å²) in [6, 6.07) is 16.5. The fourth-order valence-corrected chi connectivity index (χ4v) is 3.33. The molecule has 2 N–H and O–H groups in total. The Balaban J connectivity index is 1.64. The highest BCUT2D eigenvalue weighted by atomic mass is 79.9. The predicted octanol–water partition coefficient (Wildman–Crippen LogP) is 5.31. The number of methoxy groups -OCH3 is 1. The first-order valence-electron chi connectivity index (χ1n) is 9.93. The van der Waals surface area contributed by atoms with Gasteiger partial charge >= 0.3 is 11.8 Å². The van der Waals surface area contributed by atoms with Gasteiger partial charge in [-0.25, -0.2) is 9.82 Å². The summed E-state index contributed by atoms with van der Waals surface area (Å²) in [5.74, 6) is -1.83. The number of hydrogen-bond acceptors (Lipinski definition) is 5. The van der Waals surface area contributed by atoms with E-state index in [2.05, 4.69) is 31.8 Å². The molecular formula is C24H20BrClFN3O4. The molecular weight excluding hydrogens is 529 g/mol. The van der Waals surface area contributed by atoms with E-state index in [9.17, 15) is 14.0 Å². The topological polar surface area (TPSA) is 89.0 Å². The average Bonchev–Trinajstić information content (AvgIpc) is 2.83. The zero-order valence-electron chi connectivity index (χ0n) is 18.2. The average molecular weight is 549 g/mol. The number of hydrazone groups is 1. The van der Waals surface area contributed by atoms with Gasteiger partial charge in [0.25, 0.3) is 0 Å². The monoisotopic (exact) mass is 547 g/mol. The van der Waals surface area contributed by atoms with Crippen molar-refractivity contribution in [2.75, 3.05) is 12.4 Å². The first-order chi connectivity index (χ1) is 16.3. The maximum absolute atomic E-state index is 13.9. The predicted molar refractivity (Wildman–Crippen MR) is 132 cm³/mol. The minimum absolute atomic E-state index is 0.124. The van der Waals surface area contributed by atoms with Gasteiger partial charge in [-0.05, 0) is 49.4 Å². The van der Waals surface area contributed by atoms with E-state index in [1.165, 1.54) is 25.3 Å². The van der Waals surface area contributed by atoms with Crippen molar-refractivity contribution in [3.63, 3.8) is 0 Å². The summed E-state index contributed by atoms with van der Waals surface area (Å²) in [5, 5.41) is 6.74. The van der Waals surface area contributed by atoms with Crippen molar-refractivity contribution in [1.29, 1.82) is 0 Å². The van der Waals surface area contributed by atoms with Crippen LogP contribution >= 0.6 is 27.5 Å². The SMILES string of the molecule is COc1cc(/C(C)=N/NC(=O)C(=O)Nc2ccc(Br)cc2F)ccc1OCc1ccccc1Cl. The summed E-state index contributed by atoms with van der Waals surface area (Å²) < 4.78 is 25.6. The van der Waals surface area contributed by atoms with E-state index in [0.717, 1.165) is 5.56 Å². The lowest BCUT2D eigenvalue weighted by atomic mass is 10.1. The standard InChI is InChI=1S/C24H20BrClFN3O4/c1-14(29-30-24(32)23(31)28-20-9-8-17(25)12-19(20)27)15-7-10-21(22(11-15)33-2)34-13-16-5-3-4-6-18(16)26/h3-12H,13H2,1-2H3,(H,28,31)(H,30,32)/b29-14+. The van der Waals surface area contributed by atoms with Crippen LogP contribution in [0.3, 0.4) is 0 Å². The zero-order valence-corrected chi connectivity index (χ0v) is 20.5. The van der Waals surface area contributed by atoms with E-state index in [-0.39, 0.29) is 12.3 Å². The van der Waals surface area contributed by atoms with Crippen LogP contribution in [-0.4, -0.2) is 24.6 Å². The molecule has 3 rings (SSSR count). The van der Waals surface area contributed by atoms with Gasteiger partial charge in [-0.15, -0.1) is 0 Å². The largest absolute Gasteiger partial charge is 0.493 e. The maximum Gasteiger partial charge on any atom is 0.329 e. The third-order valence-electron chi connectivity index (χ3n) is 4.63. The molecule has 0 spiro atoms. The summed E-state index contributed by atoms with van der Waals surface area (Å²) in [6.45, 7) is 1.90. The van der Waals surface area contributed by atoms with E-state index < -0.39 is 17.6 Å². The van der Waals surface area contributed by atoms with Crippen molar-refractivity contribution in [2.45, 2.75) is 13.5 Å². The van der Waals surface area contributed by atoms with E-state index in [4.69, 9.17) is 21.1 Å². The van der Waals surface area contributed by atoms with Crippen LogP contribution in [0, 0.1) is 5.82 Å². The molecule has 0 unspecified atom stereocenters. The molecule has 3 aromatic rings. The van der Waals surface area contributed by atoms with E-state index in [0.29, 0.717) is 32.3 Å². The molecule has 0 aliphatic carbocycles. The van der Waals surface area contributed by atoms with E-state index in [1.54, 1.807) is 31.2 Å². The number of amides is 2. The van der Waals surface area contributed by atoms with Crippen LogP contribution in [0.5, 0.6) is 11.5 Å². The van der Waals surface area contributed by atoms with Crippen molar-refractivity contribution in [2.24, 2.45) is 5.10 Å². The molecule has 3 aromatic carbocycles. The van der Waals surface area contributed by atoms with Crippen molar-refractivity contribution in [3.05, 3.63) is 87.1 Å². The molecule has 10 heteroatoms. The van der Waals surface area contributed by atoms with Crippen LogP contribution in [0.15, 0.2) is 70.2 Å². The lowest BCUT2D eigenvalue weighted by molar-refractivity contribution is -0.136. The van der Waals surface area contributed by atoms with Crippen LogP contribution in [0.2, 0.25) is 5.02 Å². The molecule has 176 valence electrons. The Morgan fingerprint density at radius 1 is 1.06 bits per heavy atom. The van der Waals surface area contributed by atoms with Gasteiger partial charge in [0, 0.05) is 20.6 Å². The Kier molecular flexibility index (Phi) is 8.61. The molecule has 0 heterocycles. The van der Waals surface area contributed by atoms with Crippen molar-refractivity contribution in [3.8, 4) is 11.5 Å². The number of halogens is 3. The van der Waals surface area contributed by atoms with E-state index >= 15 is 0 Å². The second-order valence-electron chi connectivity index (χ2n) is 6.96. The Morgan fingerprint density at radius 3 is 2.53 bits per heavy atom. The van der Waals surface area contributed by atoms with Crippen LogP contribution in [0.4, 0.5) is 10.1 Å². The minimum atomic E-state index is -1.06. The Bertz CT molecular complexity index is 1250. The molecule has 0 radical (unpaired) electrons. The molecule has 0 saturated heterocycles. The number of anilines is 1. The number of carbonyl (C=O) groups excluding carboxylic acids is 2. The molecule has 0 aliphatic heterocycles. The number of benzene rings is 3. The number of carbonyl (C=O) groups is 2. The fourth-order valence-electron chi connectivity index (χ4n) is 2.80. The Labute approximate surface area is 209 Å². The quantitative estimate of drug-likeness (QED) is 0.238. The first kappa shape index (κ1) is 25.2. The van der Waals surface area contributed by atoms with Gasteiger partial charge in [0.1, 0.15) is 12.4 Å². The molecule has 7 nitrogen and oxygen atoms in total. The van der Waals surface area contributed by atoms with Gasteiger partial charge in [-0.3, -0.25) is 9.59 Å². The lowest BCUT2D eigenvalue weighted by Gasteiger charge is -2.13. The third kappa shape index (κ3) is 6.55.